The second-order valence-electron chi connectivity index (χ2n) is 4.80. The Bertz CT molecular complexity index is 934. The largest absolute Gasteiger partial charge is 0.241 e. The molecule has 2 heterocycles. The van der Waals surface area contributed by atoms with Crippen molar-refractivity contribution < 1.29 is 0 Å². The summed E-state index contributed by atoms with van der Waals surface area (Å²) in [5.41, 5.74) is 4.56. The Labute approximate surface area is 124 Å². The first-order chi connectivity index (χ1) is 9.70. The molecule has 98 valence electrons. The molecule has 0 amide bonds. The summed E-state index contributed by atoms with van der Waals surface area (Å²) >= 11 is 3.48. The van der Waals surface area contributed by atoms with Crippen molar-refractivity contribution in [2.45, 2.75) is 13.8 Å². The van der Waals surface area contributed by atoms with Gasteiger partial charge in [-0.05, 0) is 37.6 Å². The van der Waals surface area contributed by atoms with E-state index in [1.807, 2.05) is 0 Å². The van der Waals surface area contributed by atoms with Crippen molar-refractivity contribution >= 4 is 43.1 Å². The molecule has 0 aliphatic carbocycles. The van der Waals surface area contributed by atoms with Crippen LogP contribution in [0.15, 0.2) is 36.4 Å². The van der Waals surface area contributed by atoms with Gasteiger partial charge in [0.25, 0.3) is 0 Å². The number of benzene rings is 2. The second-order valence-corrected chi connectivity index (χ2v) is 7.27. The van der Waals surface area contributed by atoms with Gasteiger partial charge in [-0.3, -0.25) is 0 Å². The third-order valence-electron chi connectivity index (χ3n) is 3.33. The number of rotatable bonds is 1. The third-order valence-corrected chi connectivity index (χ3v) is 5.22. The predicted molar refractivity (Wildman–Crippen MR) is 87.7 cm³/mol. The van der Waals surface area contributed by atoms with Crippen molar-refractivity contribution in [2.75, 3.05) is 0 Å². The molecule has 2 nitrogen and oxygen atoms in total. The maximum atomic E-state index is 4.68. The zero-order valence-corrected chi connectivity index (χ0v) is 12.8. The van der Waals surface area contributed by atoms with Crippen LogP contribution in [0.5, 0.6) is 0 Å². The molecule has 0 unspecified atom stereocenters. The number of aromatic nitrogens is 2. The molecule has 2 aromatic heterocycles. The molecule has 4 heteroatoms. The standard InChI is InChI=1S/C16H12N2S2/c1-9-17-13-8-11(6-7-14(13)19-9)12-4-3-5-15-16(12)18-10(2)20-15/h3-8H,1-2H3. The monoisotopic (exact) mass is 296 g/mol. The summed E-state index contributed by atoms with van der Waals surface area (Å²) in [6.07, 6.45) is 0. The first-order valence-corrected chi connectivity index (χ1v) is 8.08. The normalized spacial score (nSPS) is 11.5. The summed E-state index contributed by atoms with van der Waals surface area (Å²) in [7, 11) is 0. The molecule has 0 saturated carbocycles. The van der Waals surface area contributed by atoms with E-state index in [2.05, 4.69) is 60.2 Å². The highest BCUT2D eigenvalue weighted by Gasteiger charge is 2.09. The van der Waals surface area contributed by atoms with Crippen LogP contribution in [0.4, 0.5) is 0 Å². The molecule has 0 aliphatic rings. The fourth-order valence-corrected chi connectivity index (χ4v) is 4.16. The first kappa shape index (κ1) is 12.0. The molecular weight excluding hydrogens is 284 g/mol. The van der Waals surface area contributed by atoms with Gasteiger partial charge >= 0.3 is 0 Å². The lowest BCUT2D eigenvalue weighted by atomic mass is 10.0. The summed E-state index contributed by atoms with van der Waals surface area (Å²) in [5, 5.41) is 2.22. The Kier molecular flexibility index (Phi) is 2.62. The van der Waals surface area contributed by atoms with Crippen LogP contribution >= 0.6 is 22.7 Å². The van der Waals surface area contributed by atoms with Crippen LogP contribution in [0.1, 0.15) is 10.0 Å². The van der Waals surface area contributed by atoms with Crippen molar-refractivity contribution in [1.29, 1.82) is 0 Å². The summed E-state index contributed by atoms with van der Waals surface area (Å²) in [6, 6.07) is 12.9. The number of nitrogens with zero attached hydrogens (tertiary/aromatic N) is 2. The number of thiazole rings is 2. The SMILES string of the molecule is Cc1nc2cc(-c3cccc4sc(C)nc34)ccc2s1. The van der Waals surface area contributed by atoms with Gasteiger partial charge in [-0.1, -0.05) is 18.2 Å². The maximum Gasteiger partial charge on any atom is 0.0908 e. The van der Waals surface area contributed by atoms with Crippen LogP contribution in [-0.2, 0) is 0 Å². The quantitative estimate of drug-likeness (QED) is 0.483. The molecule has 4 rings (SSSR count). The number of para-hydroxylation sites is 1. The molecule has 0 radical (unpaired) electrons. The van der Waals surface area contributed by atoms with Crippen molar-refractivity contribution in [3.05, 3.63) is 46.4 Å². The summed E-state index contributed by atoms with van der Waals surface area (Å²) < 4.78 is 2.49. The molecule has 0 saturated heterocycles. The van der Waals surface area contributed by atoms with Crippen molar-refractivity contribution in [2.24, 2.45) is 0 Å². The van der Waals surface area contributed by atoms with Crippen molar-refractivity contribution in [3.63, 3.8) is 0 Å². The molecule has 2 aromatic carbocycles. The maximum absolute atomic E-state index is 4.68. The van der Waals surface area contributed by atoms with E-state index in [1.165, 1.54) is 20.5 Å². The summed E-state index contributed by atoms with van der Waals surface area (Å²) in [6.45, 7) is 4.11. The minimum Gasteiger partial charge on any atom is -0.241 e. The first-order valence-electron chi connectivity index (χ1n) is 6.44. The number of fused-ring (bicyclic) bond motifs is 2. The lowest BCUT2D eigenvalue weighted by Gasteiger charge is -2.02. The molecule has 0 spiro atoms. The van der Waals surface area contributed by atoms with Crippen LogP contribution < -0.4 is 0 Å². The van der Waals surface area contributed by atoms with Crippen LogP contribution in [0.25, 0.3) is 31.6 Å². The minimum atomic E-state index is 1.08. The Morgan fingerprint density at radius 2 is 1.65 bits per heavy atom. The molecule has 0 N–H and O–H groups in total. The number of hydrogen-bond acceptors (Lipinski definition) is 4. The Morgan fingerprint density at radius 3 is 2.55 bits per heavy atom. The highest BCUT2D eigenvalue weighted by Crippen LogP contribution is 2.33. The van der Waals surface area contributed by atoms with Gasteiger partial charge in [-0.2, -0.15) is 0 Å². The van der Waals surface area contributed by atoms with Gasteiger partial charge < -0.3 is 0 Å². The lowest BCUT2D eigenvalue weighted by molar-refractivity contribution is 1.34. The van der Waals surface area contributed by atoms with Crippen LogP contribution in [0.2, 0.25) is 0 Å². The van der Waals surface area contributed by atoms with Gasteiger partial charge in [0, 0.05) is 5.56 Å². The highest BCUT2D eigenvalue weighted by atomic mass is 32.1. The van der Waals surface area contributed by atoms with E-state index >= 15 is 0 Å². The molecule has 20 heavy (non-hydrogen) atoms. The number of hydrogen-bond donors (Lipinski definition) is 0. The Hall–Kier alpha value is -1.78. The van der Waals surface area contributed by atoms with Gasteiger partial charge in [-0.25, -0.2) is 9.97 Å². The fraction of sp³-hybridized carbons (Fsp3) is 0.125. The van der Waals surface area contributed by atoms with E-state index in [-0.39, 0.29) is 0 Å². The smallest absolute Gasteiger partial charge is 0.0908 e. The second kappa shape index (κ2) is 4.36. The average molecular weight is 296 g/mol. The van der Waals surface area contributed by atoms with E-state index in [0.29, 0.717) is 0 Å². The molecule has 0 aliphatic heterocycles. The van der Waals surface area contributed by atoms with Crippen LogP contribution in [-0.4, -0.2) is 9.97 Å². The van der Waals surface area contributed by atoms with Gasteiger partial charge in [0.05, 0.1) is 30.4 Å². The van der Waals surface area contributed by atoms with Gasteiger partial charge in [0.2, 0.25) is 0 Å². The lowest BCUT2D eigenvalue weighted by Crippen LogP contribution is -1.81. The fourth-order valence-electron chi connectivity index (χ4n) is 2.50. The van der Waals surface area contributed by atoms with Gasteiger partial charge in [0.15, 0.2) is 0 Å². The summed E-state index contributed by atoms with van der Waals surface area (Å²) in [5.74, 6) is 0. The molecule has 0 atom stereocenters. The topological polar surface area (TPSA) is 25.8 Å². The summed E-state index contributed by atoms with van der Waals surface area (Å²) in [4.78, 5) is 9.26. The van der Waals surface area contributed by atoms with E-state index < -0.39 is 0 Å². The van der Waals surface area contributed by atoms with Crippen LogP contribution in [0, 0.1) is 13.8 Å². The van der Waals surface area contributed by atoms with E-state index in [4.69, 9.17) is 0 Å². The molecular formula is C16H12N2S2. The zero-order chi connectivity index (χ0) is 13.7. The van der Waals surface area contributed by atoms with Gasteiger partial charge in [0.1, 0.15) is 0 Å². The highest BCUT2D eigenvalue weighted by molar-refractivity contribution is 7.18. The molecule has 0 bridgehead atoms. The van der Waals surface area contributed by atoms with E-state index in [1.54, 1.807) is 22.7 Å². The molecule has 4 aromatic rings. The Morgan fingerprint density at radius 1 is 0.850 bits per heavy atom. The van der Waals surface area contributed by atoms with Crippen molar-refractivity contribution in [1.82, 2.24) is 9.97 Å². The Balaban J connectivity index is 2.00. The van der Waals surface area contributed by atoms with E-state index in [0.717, 1.165) is 21.0 Å². The average Bonchev–Trinajstić information content (AvgIpc) is 2.97. The predicted octanol–water partition coefficient (Wildman–Crippen LogP) is 5.19. The van der Waals surface area contributed by atoms with E-state index in [9.17, 15) is 0 Å². The third kappa shape index (κ3) is 1.84. The number of aryl methyl sites for hydroxylation is 2. The zero-order valence-electron chi connectivity index (χ0n) is 11.2. The van der Waals surface area contributed by atoms with Gasteiger partial charge in [-0.15, -0.1) is 22.7 Å². The van der Waals surface area contributed by atoms with Crippen molar-refractivity contribution in [3.8, 4) is 11.1 Å². The molecule has 0 fully saturated rings. The minimum absolute atomic E-state index is 1.08. The van der Waals surface area contributed by atoms with Crippen LogP contribution in [0.3, 0.4) is 0 Å².